The molecule has 0 saturated carbocycles. The fraction of sp³-hybridized carbons (Fsp3) is 0. The van der Waals surface area contributed by atoms with Crippen LogP contribution in [0.3, 0.4) is 0 Å². The molecular weight excluding hydrogens is 200 g/mol. The molecule has 0 spiro atoms. The van der Waals surface area contributed by atoms with Gasteiger partial charge < -0.3 is 5.73 Å². The van der Waals surface area contributed by atoms with E-state index < -0.39 is 9.84 Å². The molecule has 0 aromatic heterocycles. The number of fused-ring (bicyclic) bond motifs is 1. The second kappa shape index (κ2) is 2.59. The van der Waals surface area contributed by atoms with E-state index in [1.807, 2.05) is 6.07 Å². The van der Waals surface area contributed by atoms with Crippen molar-refractivity contribution in [3.63, 3.8) is 0 Å². The molecule has 1 aromatic carbocycles. The molecule has 0 amide bonds. The summed E-state index contributed by atoms with van der Waals surface area (Å²) in [7, 11) is -3.43. The van der Waals surface area contributed by atoms with Gasteiger partial charge in [-0.05, 0) is 12.1 Å². The zero-order chi connectivity index (χ0) is 10.3. The van der Waals surface area contributed by atoms with E-state index in [0.717, 1.165) is 5.41 Å². The van der Waals surface area contributed by atoms with Crippen molar-refractivity contribution in [2.75, 3.05) is 0 Å². The van der Waals surface area contributed by atoms with Gasteiger partial charge in [-0.15, -0.1) is 0 Å². The molecule has 5 heteroatoms. The van der Waals surface area contributed by atoms with E-state index in [4.69, 9.17) is 11.0 Å². The van der Waals surface area contributed by atoms with Gasteiger partial charge in [0.2, 0.25) is 9.84 Å². The smallest absolute Gasteiger partial charge is 0.202 e. The first kappa shape index (κ1) is 8.78. The first-order valence-electron chi connectivity index (χ1n) is 3.81. The van der Waals surface area contributed by atoms with Gasteiger partial charge >= 0.3 is 0 Å². The molecule has 0 saturated heterocycles. The summed E-state index contributed by atoms with van der Waals surface area (Å²) in [5.41, 5.74) is 6.53. The van der Waals surface area contributed by atoms with Gasteiger partial charge in [-0.3, -0.25) is 0 Å². The van der Waals surface area contributed by atoms with Crippen LogP contribution in [0.15, 0.2) is 28.5 Å². The molecule has 0 fully saturated rings. The van der Waals surface area contributed by atoms with Crippen molar-refractivity contribution in [3.8, 4) is 6.07 Å². The third-order valence-corrected chi connectivity index (χ3v) is 3.53. The summed E-state index contributed by atoms with van der Waals surface area (Å²) < 4.78 is 22.9. The molecule has 0 radical (unpaired) electrons. The molecule has 1 aromatic rings. The summed E-state index contributed by atoms with van der Waals surface area (Å²) in [4.78, 5) is 0.119. The van der Waals surface area contributed by atoms with Crippen molar-refractivity contribution in [2.45, 2.75) is 4.90 Å². The Hall–Kier alpha value is -1.80. The van der Waals surface area contributed by atoms with Crippen LogP contribution in [0.4, 0.5) is 0 Å². The maximum absolute atomic E-state index is 11.5. The number of nitriles is 1. The lowest BCUT2D eigenvalue weighted by Gasteiger charge is -1.99. The molecule has 4 nitrogen and oxygen atoms in total. The minimum absolute atomic E-state index is 0.119. The van der Waals surface area contributed by atoms with Crippen molar-refractivity contribution < 1.29 is 8.42 Å². The topological polar surface area (TPSA) is 84.0 Å². The highest BCUT2D eigenvalue weighted by Gasteiger charge is 2.25. The van der Waals surface area contributed by atoms with E-state index in [0.29, 0.717) is 11.1 Å². The SMILES string of the molecule is N#Cc1ccc2c(c1)S(=O)(=O)C=C2N. The molecule has 0 atom stereocenters. The first-order chi connectivity index (χ1) is 6.54. The minimum Gasteiger partial charge on any atom is -0.398 e. The largest absolute Gasteiger partial charge is 0.398 e. The molecule has 1 heterocycles. The van der Waals surface area contributed by atoms with Crippen LogP contribution < -0.4 is 5.73 Å². The van der Waals surface area contributed by atoms with Gasteiger partial charge in [0.15, 0.2) is 0 Å². The van der Waals surface area contributed by atoms with Crippen LogP contribution in [0, 0.1) is 11.3 Å². The van der Waals surface area contributed by atoms with Gasteiger partial charge in [-0.2, -0.15) is 5.26 Å². The van der Waals surface area contributed by atoms with Crippen LogP contribution in [0.25, 0.3) is 5.70 Å². The Bertz CT molecular complexity index is 579. The zero-order valence-corrected chi connectivity index (χ0v) is 7.88. The molecule has 1 aliphatic rings. The van der Waals surface area contributed by atoms with Gasteiger partial charge in [-0.1, -0.05) is 6.07 Å². The number of hydrogen-bond donors (Lipinski definition) is 1. The van der Waals surface area contributed by atoms with Crippen LogP contribution in [0.2, 0.25) is 0 Å². The van der Waals surface area contributed by atoms with E-state index >= 15 is 0 Å². The summed E-state index contributed by atoms with van der Waals surface area (Å²) in [6.45, 7) is 0. The molecule has 0 unspecified atom stereocenters. The highest BCUT2D eigenvalue weighted by atomic mass is 32.2. The number of sulfone groups is 1. The Balaban J connectivity index is 2.80. The van der Waals surface area contributed by atoms with E-state index in [1.54, 1.807) is 12.1 Å². The molecule has 0 bridgehead atoms. The Labute approximate surface area is 81.2 Å². The summed E-state index contributed by atoms with van der Waals surface area (Å²) >= 11 is 0. The summed E-state index contributed by atoms with van der Waals surface area (Å²) in [5, 5.41) is 9.62. The third-order valence-electron chi connectivity index (χ3n) is 2.01. The quantitative estimate of drug-likeness (QED) is 0.673. The second-order valence-corrected chi connectivity index (χ2v) is 4.71. The van der Waals surface area contributed by atoms with E-state index in [1.165, 1.54) is 6.07 Å². The van der Waals surface area contributed by atoms with Gasteiger partial charge in [0.05, 0.1) is 27.6 Å². The van der Waals surface area contributed by atoms with E-state index in [-0.39, 0.29) is 10.6 Å². The number of benzene rings is 1. The molecule has 0 aliphatic carbocycles. The summed E-state index contributed by atoms with van der Waals surface area (Å²) in [6, 6.07) is 6.30. The number of rotatable bonds is 0. The highest BCUT2D eigenvalue weighted by molar-refractivity contribution is 7.95. The predicted molar refractivity (Wildman–Crippen MR) is 50.5 cm³/mol. The van der Waals surface area contributed by atoms with Gasteiger partial charge in [0.25, 0.3) is 0 Å². The molecule has 2 N–H and O–H groups in total. The molecule has 70 valence electrons. The van der Waals surface area contributed by atoms with E-state index in [9.17, 15) is 8.42 Å². The van der Waals surface area contributed by atoms with E-state index in [2.05, 4.69) is 0 Å². The van der Waals surface area contributed by atoms with Crippen LogP contribution >= 0.6 is 0 Å². The summed E-state index contributed by atoms with van der Waals surface area (Å²) in [5.74, 6) is 0. The molecular formula is C9H6N2O2S. The van der Waals surface area contributed by atoms with Crippen molar-refractivity contribution in [1.82, 2.24) is 0 Å². The highest BCUT2D eigenvalue weighted by Crippen LogP contribution is 2.30. The van der Waals surface area contributed by atoms with Gasteiger partial charge in [0.1, 0.15) is 0 Å². The lowest BCUT2D eigenvalue weighted by molar-refractivity contribution is 0.605. The molecule has 14 heavy (non-hydrogen) atoms. The lowest BCUT2D eigenvalue weighted by atomic mass is 10.1. The Kier molecular flexibility index (Phi) is 1.63. The van der Waals surface area contributed by atoms with Crippen LogP contribution in [-0.4, -0.2) is 8.42 Å². The fourth-order valence-corrected chi connectivity index (χ4v) is 2.73. The Morgan fingerprint density at radius 2 is 2.07 bits per heavy atom. The standard InChI is InChI=1S/C9H6N2O2S/c10-4-6-1-2-7-8(11)5-14(12,13)9(7)3-6/h1-3,5H,11H2. The number of nitrogens with zero attached hydrogens (tertiary/aromatic N) is 1. The number of hydrogen-bond acceptors (Lipinski definition) is 4. The maximum atomic E-state index is 11.5. The van der Waals surface area contributed by atoms with Crippen LogP contribution in [0.1, 0.15) is 11.1 Å². The van der Waals surface area contributed by atoms with Crippen LogP contribution in [-0.2, 0) is 9.84 Å². The van der Waals surface area contributed by atoms with Crippen LogP contribution in [0.5, 0.6) is 0 Å². The van der Waals surface area contributed by atoms with Crippen molar-refractivity contribution in [2.24, 2.45) is 5.73 Å². The number of nitrogens with two attached hydrogens (primary N) is 1. The maximum Gasteiger partial charge on any atom is 0.202 e. The molecule has 2 rings (SSSR count). The van der Waals surface area contributed by atoms with Crippen molar-refractivity contribution in [3.05, 3.63) is 34.7 Å². The van der Waals surface area contributed by atoms with Gasteiger partial charge in [-0.25, -0.2) is 8.42 Å². The lowest BCUT2D eigenvalue weighted by Crippen LogP contribution is -1.95. The van der Waals surface area contributed by atoms with Crippen molar-refractivity contribution >= 4 is 15.5 Å². The minimum atomic E-state index is -3.43. The third kappa shape index (κ3) is 1.09. The van der Waals surface area contributed by atoms with Crippen molar-refractivity contribution in [1.29, 1.82) is 5.26 Å². The average molecular weight is 206 g/mol. The zero-order valence-electron chi connectivity index (χ0n) is 7.06. The first-order valence-corrected chi connectivity index (χ1v) is 5.36. The average Bonchev–Trinajstić information content (AvgIpc) is 2.37. The monoisotopic (exact) mass is 206 g/mol. The van der Waals surface area contributed by atoms with Gasteiger partial charge in [0, 0.05) is 5.56 Å². The Morgan fingerprint density at radius 1 is 1.36 bits per heavy atom. The normalized spacial score (nSPS) is 16.9. The molecule has 1 aliphatic heterocycles. The second-order valence-electron chi connectivity index (χ2n) is 2.94. The predicted octanol–water partition coefficient (Wildman–Crippen LogP) is 0.603. The Morgan fingerprint density at radius 3 is 2.71 bits per heavy atom. The fourth-order valence-electron chi connectivity index (χ4n) is 1.36. The summed E-state index contributed by atoms with van der Waals surface area (Å²) in [6.07, 6.45) is 0.